The molecule has 0 unspecified atom stereocenters. The standard InChI is InChI=1S/C16H16Cl2N2O4/c17-13-9-11(1-3-15(13)21)23-19-5-7-20(8-6-19)24-12-2-4-16(22)14(18)10-12/h1-4,9-10,21-22H,5-8H2. The largest absolute Gasteiger partial charge is 0.506 e. The van der Waals surface area contributed by atoms with Gasteiger partial charge in [-0.25, -0.2) is 0 Å². The molecule has 8 heteroatoms. The summed E-state index contributed by atoms with van der Waals surface area (Å²) in [6.45, 7) is 2.52. The van der Waals surface area contributed by atoms with Gasteiger partial charge in [-0.2, -0.15) is 0 Å². The Morgan fingerprint density at radius 1 is 0.708 bits per heavy atom. The minimum Gasteiger partial charge on any atom is -0.506 e. The molecular formula is C16H16Cl2N2O4. The van der Waals surface area contributed by atoms with E-state index in [4.69, 9.17) is 32.9 Å². The Bertz CT molecular complexity index is 660. The molecule has 1 aliphatic rings. The van der Waals surface area contributed by atoms with Crippen molar-refractivity contribution in [2.24, 2.45) is 0 Å². The zero-order valence-corrected chi connectivity index (χ0v) is 14.2. The third-order valence-electron chi connectivity index (χ3n) is 3.50. The van der Waals surface area contributed by atoms with Crippen LogP contribution in [0.5, 0.6) is 23.0 Å². The normalized spacial score (nSPS) is 16.1. The fourth-order valence-corrected chi connectivity index (χ4v) is 2.58. The van der Waals surface area contributed by atoms with E-state index in [1.807, 2.05) is 0 Å². The summed E-state index contributed by atoms with van der Waals surface area (Å²) in [5, 5.41) is 22.9. The zero-order valence-electron chi connectivity index (χ0n) is 12.7. The number of halogens is 2. The highest BCUT2D eigenvalue weighted by molar-refractivity contribution is 6.32. The first kappa shape index (κ1) is 17.0. The van der Waals surface area contributed by atoms with E-state index >= 15 is 0 Å². The van der Waals surface area contributed by atoms with Crippen molar-refractivity contribution in [1.82, 2.24) is 10.1 Å². The van der Waals surface area contributed by atoms with Crippen molar-refractivity contribution in [2.75, 3.05) is 26.2 Å². The second-order valence-corrected chi connectivity index (χ2v) is 6.08. The van der Waals surface area contributed by atoms with Crippen LogP contribution in [0.25, 0.3) is 0 Å². The summed E-state index contributed by atoms with van der Waals surface area (Å²) in [5.41, 5.74) is 0. The van der Waals surface area contributed by atoms with E-state index in [0.717, 1.165) is 0 Å². The van der Waals surface area contributed by atoms with Crippen LogP contribution in [-0.4, -0.2) is 46.5 Å². The predicted molar refractivity (Wildman–Crippen MR) is 90.6 cm³/mol. The zero-order chi connectivity index (χ0) is 17.1. The summed E-state index contributed by atoms with van der Waals surface area (Å²) < 4.78 is 0. The minimum atomic E-state index is 0.0230. The maximum absolute atomic E-state index is 9.41. The fraction of sp³-hybridized carbons (Fsp3) is 0.250. The molecule has 2 aromatic rings. The third-order valence-corrected chi connectivity index (χ3v) is 4.11. The first-order chi connectivity index (χ1) is 11.5. The number of phenolic OH excluding ortho intramolecular Hbond substituents is 2. The SMILES string of the molecule is Oc1ccc(ON2CCN(Oc3ccc(O)c(Cl)c3)CC2)cc1Cl. The molecule has 2 aromatic carbocycles. The van der Waals surface area contributed by atoms with E-state index in [1.54, 1.807) is 34.4 Å². The van der Waals surface area contributed by atoms with Crippen LogP contribution in [0.15, 0.2) is 36.4 Å². The van der Waals surface area contributed by atoms with E-state index in [9.17, 15) is 10.2 Å². The fourth-order valence-electron chi connectivity index (χ4n) is 2.24. The van der Waals surface area contributed by atoms with E-state index in [1.165, 1.54) is 12.1 Å². The van der Waals surface area contributed by atoms with Crippen LogP contribution < -0.4 is 9.68 Å². The molecule has 0 aromatic heterocycles. The van der Waals surface area contributed by atoms with Gasteiger partial charge < -0.3 is 19.9 Å². The summed E-state index contributed by atoms with van der Waals surface area (Å²) in [7, 11) is 0. The van der Waals surface area contributed by atoms with Gasteiger partial charge in [-0.05, 0) is 24.3 Å². The summed E-state index contributed by atoms with van der Waals surface area (Å²) in [4.78, 5) is 11.5. The molecule has 0 saturated carbocycles. The van der Waals surface area contributed by atoms with Gasteiger partial charge in [0.05, 0.1) is 36.2 Å². The second-order valence-electron chi connectivity index (χ2n) is 5.27. The summed E-state index contributed by atoms with van der Waals surface area (Å²) in [6, 6.07) is 9.43. The second kappa shape index (κ2) is 7.36. The Morgan fingerprint density at radius 2 is 1.08 bits per heavy atom. The minimum absolute atomic E-state index is 0.0230. The van der Waals surface area contributed by atoms with Crippen molar-refractivity contribution < 1.29 is 19.9 Å². The van der Waals surface area contributed by atoms with Gasteiger partial charge in [0.25, 0.3) is 0 Å². The monoisotopic (exact) mass is 370 g/mol. The van der Waals surface area contributed by atoms with Crippen molar-refractivity contribution in [2.45, 2.75) is 0 Å². The van der Waals surface area contributed by atoms with Crippen LogP contribution in [0.4, 0.5) is 0 Å². The molecule has 3 rings (SSSR count). The maximum atomic E-state index is 9.41. The number of aromatic hydroxyl groups is 2. The molecule has 2 N–H and O–H groups in total. The van der Waals surface area contributed by atoms with Gasteiger partial charge in [0.1, 0.15) is 23.0 Å². The highest BCUT2D eigenvalue weighted by Gasteiger charge is 2.20. The van der Waals surface area contributed by atoms with Gasteiger partial charge in [-0.1, -0.05) is 23.2 Å². The quantitative estimate of drug-likeness (QED) is 0.860. The Hall–Kier alpha value is -1.86. The molecule has 1 fully saturated rings. The van der Waals surface area contributed by atoms with Crippen LogP contribution >= 0.6 is 23.2 Å². The van der Waals surface area contributed by atoms with Crippen molar-refractivity contribution in [3.8, 4) is 23.0 Å². The molecule has 0 amide bonds. The Labute approximate surface area is 149 Å². The van der Waals surface area contributed by atoms with Gasteiger partial charge in [-0.3, -0.25) is 0 Å². The van der Waals surface area contributed by atoms with Crippen LogP contribution in [0.3, 0.4) is 0 Å². The Kier molecular flexibility index (Phi) is 5.20. The van der Waals surface area contributed by atoms with Gasteiger partial charge in [0, 0.05) is 12.1 Å². The smallest absolute Gasteiger partial charge is 0.149 e. The summed E-state index contributed by atoms with van der Waals surface area (Å²) in [5.74, 6) is 1.18. The van der Waals surface area contributed by atoms with Crippen molar-refractivity contribution >= 4 is 23.2 Å². The van der Waals surface area contributed by atoms with E-state index < -0.39 is 0 Å². The highest BCUT2D eigenvalue weighted by Crippen LogP contribution is 2.29. The predicted octanol–water partition coefficient (Wildman–Crippen LogP) is 3.31. The highest BCUT2D eigenvalue weighted by atomic mass is 35.5. The van der Waals surface area contributed by atoms with E-state index in [2.05, 4.69) is 0 Å². The van der Waals surface area contributed by atoms with Gasteiger partial charge >= 0.3 is 0 Å². The van der Waals surface area contributed by atoms with Crippen molar-refractivity contribution in [3.63, 3.8) is 0 Å². The van der Waals surface area contributed by atoms with Gasteiger partial charge in [0.2, 0.25) is 0 Å². The lowest BCUT2D eigenvalue weighted by atomic mass is 10.3. The average molecular weight is 371 g/mol. The molecule has 1 heterocycles. The number of benzene rings is 2. The van der Waals surface area contributed by atoms with Gasteiger partial charge in [-0.15, -0.1) is 10.1 Å². The Morgan fingerprint density at radius 3 is 1.42 bits per heavy atom. The van der Waals surface area contributed by atoms with E-state index in [0.29, 0.717) is 37.7 Å². The van der Waals surface area contributed by atoms with Crippen LogP contribution in [0.1, 0.15) is 0 Å². The number of hydrogen-bond acceptors (Lipinski definition) is 6. The van der Waals surface area contributed by atoms with E-state index in [-0.39, 0.29) is 21.5 Å². The lowest BCUT2D eigenvalue weighted by Crippen LogP contribution is -2.48. The molecule has 0 spiro atoms. The van der Waals surface area contributed by atoms with Gasteiger partial charge in [0.15, 0.2) is 0 Å². The number of hydrogen-bond donors (Lipinski definition) is 2. The average Bonchev–Trinajstić information content (AvgIpc) is 2.56. The lowest BCUT2D eigenvalue weighted by molar-refractivity contribution is -0.153. The first-order valence-corrected chi connectivity index (χ1v) is 8.10. The molecule has 0 bridgehead atoms. The molecule has 1 saturated heterocycles. The molecule has 0 aliphatic carbocycles. The Balaban J connectivity index is 1.51. The van der Waals surface area contributed by atoms with Crippen LogP contribution in [0.2, 0.25) is 10.0 Å². The maximum Gasteiger partial charge on any atom is 0.149 e. The van der Waals surface area contributed by atoms with Crippen LogP contribution in [-0.2, 0) is 0 Å². The number of rotatable bonds is 4. The number of piperazine rings is 1. The van der Waals surface area contributed by atoms with Crippen molar-refractivity contribution in [3.05, 3.63) is 46.4 Å². The van der Waals surface area contributed by atoms with Crippen LogP contribution in [0, 0.1) is 0 Å². The first-order valence-electron chi connectivity index (χ1n) is 7.34. The number of nitrogens with zero attached hydrogens (tertiary/aromatic N) is 2. The molecule has 128 valence electrons. The number of phenols is 2. The molecule has 24 heavy (non-hydrogen) atoms. The molecular weight excluding hydrogens is 355 g/mol. The number of hydroxylamine groups is 4. The van der Waals surface area contributed by atoms with Crippen molar-refractivity contribution in [1.29, 1.82) is 0 Å². The summed E-state index contributed by atoms with van der Waals surface area (Å²) >= 11 is 11.7. The molecule has 6 nitrogen and oxygen atoms in total. The summed E-state index contributed by atoms with van der Waals surface area (Å²) in [6.07, 6.45) is 0. The lowest BCUT2D eigenvalue weighted by Gasteiger charge is -2.33. The molecule has 1 aliphatic heterocycles. The third kappa shape index (κ3) is 4.15. The molecule has 0 atom stereocenters. The topological polar surface area (TPSA) is 65.4 Å². The molecule has 0 radical (unpaired) electrons.